The van der Waals surface area contributed by atoms with Gasteiger partial charge in [0, 0.05) is 19.3 Å². The summed E-state index contributed by atoms with van der Waals surface area (Å²) in [7, 11) is 4.85. The third kappa shape index (κ3) is 4.88. The molecule has 2 amide bonds. The van der Waals surface area contributed by atoms with E-state index in [2.05, 4.69) is 5.32 Å². The molecule has 1 atom stereocenters. The van der Waals surface area contributed by atoms with Crippen LogP contribution in [0.25, 0.3) is 0 Å². The van der Waals surface area contributed by atoms with Crippen molar-refractivity contribution in [2.45, 2.75) is 18.9 Å². The highest BCUT2D eigenvalue weighted by Gasteiger charge is 2.41. The minimum Gasteiger partial charge on any atom is -0.497 e. The summed E-state index contributed by atoms with van der Waals surface area (Å²) in [5, 5.41) is 3.27. The largest absolute Gasteiger partial charge is 0.497 e. The lowest BCUT2D eigenvalue weighted by Gasteiger charge is -2.23. The summed E-state index contributed by atoms with van der Waals surface area (Å²) in [6, 6.07) is 14.2. The number of nitrogens with zero attached hydrogens (tertiary/aromatic N) is 2. The highest BCUT2D eigenvalue weighted by molar-refractivity contribution is 7.80. The molecule has 0 aromatic heterocycles. The molecular formula is C22H25N3O4S. The summed E-state index contributed by atoms with van der Waals surface area (Å²) in [5.74, 6) is 1.08. The number of rotatable bonds is 8. The van der Waals surface area contributed by atoms with Crippen molar-refractivity contribution in [3.05, 3.63) is 54.1 Å². The molecule has 0 radical (unpaired) electrons. The normalized spacial score (nSPS) is 16.0. The van der Waals surface area contributed by atoms with E-state index in [1.807, 2.05) is 29.2 Å². The molecule has 30 heavy (non-hydrogen) atoms. The van der Waals surface area contributed by atoms with Crippen LogP contribution < -0.4 is 14.8 Å². The number of nitrogens with one attached hydrogen (secondary N) is 1. The van der Waals surface area contributed by atoms with E-state index in [9.17, 15) is 9.59 Å². The van der Waals surface area contributed by atoms with E-state index in [1.165, 1.54) is 4.90 Å². The van der Waals surface area contributed by atoms with Gasteiger partial charge in [-0.2, -0.15) is 0 Å². The zero-order valence-corrected chi connectivity index (χ0v) is 18.1. The Bertz CT molecular complexity index is 915. The van der Waals surface area contributed by atoms with Gasteiger partial charge in [0.1, 0.15) is 17.5 Å². The molecule has 158 valence electrons. The highest BCUT2D eigenvalue weighted by Crippen LogP contribution is 2.22. The minimum absolute atomic E-state index is 0.0257. The monoisotopic (exact) mass is 427 g/mol. The number of methoxy groups -OCH3 is 2. The van der Waals surface area contributed by atoms with E-state index in [1.54, 1.807) is 45.5 Å². The van der Waals surface area contributed by atoms with Crippen LogP contribution in [0.3, 0.4) is 0 Å². The summed E-state index contributed by atoms with van der Waals surface area (Å²) in [6.07, 6.45) is 0.722. The lowest BCUT2D eigenvalue weighted by Crippen LogP contribution is -2.39. The third-order valence-corrected chi connectivity index (χ3v) is 5.59. The molecule has 1 fully saturated rings. The predicted molar refractivity (Wildman–Crippen MR) is 119 cm³/mol. The van der Waals surface area contributed by atoms with Gasteiger partial charge in [-0.25, -0.2) is 0 Å². The molecule has 0 spiro atoms. The first-order chi connectivity index (χ1) is 14.4. The van der Waals surface area contributed by atoms with Gasteiger partial charge in [-0.15, -0.1) is 0 Å². The second-order valence-corrected chi connectivity index (χ2v) is 7.33. The van der Waals surface area contributed by atoms with Crippen molar-refractivity contribution < 1.29 is 19.1 Å². The van der Waals surface area contributed by atoms with E-state index in [0.717, 1.165) is 11.3 Å². The second kappa shape index (κ2) is 9.58. The van der Waals surface area contributed by atoms with Gasteiger partial charge in [0.25, 0.3) is 5.91 Å². The maximum Gasteiger partial charge on any atom is 0.251 e. The number of likely N-dealkylation sites (N-methyl/N-ethyl adjacent to an activating group) is 1. The van der Waals surface area contributed by atoms with Gasteiger partial charge < -0.3 is 19.7 Å². The summed E-state index contributed by atoms with van der Waals surface area (Å²) < 4.78 is 10.3. The quantitative estimate of drug-likeness (QED) is 0.654. The number of amides is 2. The molecular weight excluding hydrogens is 402 g/mol. The first-order valence-corrected chi connectivity index (χ1v) is 9.98. The zero-order valence-electron chi connectivity index (χ0n) is 17.3. The highest BCUT2D eigenvalue weighted by atomic mass is 32.1. The summed E-state index contributed by atoms with van der Waals surface area (Å²) in [6.45, 7) is 0.543. The Morgan fingerprint density at radius 3 is 2.17 bits per heavy atom. The zero-order chi connectivity index (χ0) is 21.7. The fraction of sp³-hybridized carbons (Fsp3) is 0.318. The van der Waals surface area contributed by atoms with Crippen LogP contribution >= 0.6 is 12.2 Å². The van der Waals surface area contributed by atoms with E-state index >= 15 is 0 Å². The first-order valence-electron chi connectivity index (χ1n) is 9.58. The average molecular weight is 428 g/mol. The molecule has 8 heteroatoms. The van der Waals surface area contributed by atoms with Gasteiger partial charge in [-0.1, -0.05) is 12.1 Å². The number of benzene rings is 2. The van der Waals surface area contributed by atoms with E-state index < -0.39 is 6.04 Å². The Balaban J connectivity index is 1.64. The molecule has 3 rings (SSSR count). The molecule has 2 aromatic rings. The predicted octanol–water partition coefficient (Wildman–Crippen LogP) is 2.70. The van der Waals surface area contributed by atoms with E-state index in [-0.39, 0.29) is 18.2 Å². The number of anilines is 1. The molecule has 1 aliphatic rings. The Morgan fingerprint density at radius 2 is 1.60 bits per heavy atom. The second-order valence-electron chi connectivity index (χ2n) is 6.97. The number of hydrogen-bond acceptors (Lipinski definition) is 5. The van der Waals surface area contributed by atoms with Crippen LogP contribution in [0.15, 0.2) is 48.5 Å². The van der Waals surface area contributed by atoms with Crippen molar-refractivity contribution in [1.29, 1.82) is 0 Å². The van der Waals surface area contributed by atoms with Crippen molar-refractivity contribution in [2.24, 2.45) is 0 Å². The Hall–Kier alpha value is -3.13. The van der Waals surface area contributed by atoms with Gasteiger partial charge in [0.15, 0.2) is 5.11 Å². The molecule has 0 unspecified atom stereocenters. The third-order valence-electron chi connectivity index (χ3n) is 5.08. The molecule has 0 saturated carbocycles. The van der Waals surface area contributed by atoms with Gasteiger partial charge in [0.2, 0.25) is 5.91 Å². The lowest BCUT2D eigenvalue weighted by atomic mass is 10.1. The Morgan fingerprint density at radius 1 is 1.03 bits per heavy atom. The summed E-state index contributed by atoms with van der Waals surface area (Å²) in [4.78, 5) is 28.5. The number of carbonyl (C=O) groups is 2. The molecule has 1 heterocycles. The summed E-state index contributed by atoms with van der Waals surface area (Å²) >= 11 is 5.45. The SMILES string of the molecule is COc1ccc(CCN2C(=S)N(C)C(=O)[C@H]2CC(=O)Nc2ccc(OC)cc2)cc1. The smallest absolute Gasteiger partial charge is 0.251 e. The maximum atomic E-state index is 12.7. The van der Waals surface area contributed by atoms with Crippen LogP contribution in [-0.2, 0) is 16.0 Å². The van der Waals surface area contributed by atoms with Crippen molar-refractivity contribution in [3.63, 3.8) is 0 Å². The minimum atomic E-state index is -0.612. The van der Waals surface area contributed by atoms with Crippen LogP contribution in [0, 0.1) is 0 Å². The van der Waals surface area contributed by atoms with Crippen LogP contribution in [0.1, 0.15) is 12.0 Å². The molecule has 1 saturated heterocycles. The van der Waals surface area contributed by atoms with Crippen molar-refractivity contribution in [3.8, 4) is 11.5 Å². The lowest BCUT2D eigenvalue weighted by molar-refractivity contribution is -0.130. The van der Waals surface area contributed by atoms with E-state index in [0.29, 0.717) is 29.5 Å². The van der Waals surface area contributed by atoms with Crippen molar-refractivity contribution in [1.82, 2.24) is 9.80 Å². The number of thiocarbonyl (C=S) groups is 1. The van der Waals surface area contributed by atoms with Crippen LogP contribution in [0.2, 0.25) is 0 Å². The number of hydrogen-bond donors (Lipinski definition) is 1. The fourth-order valence-corrected chi connectivity index (χ4v) is 3.64. The molecule has 1 N–H and O–H groups in total. The van der Waals surface area contributed by atoms with Gasteiger partial charge in [-0.05, 0) is 60.6 Å². The van der Waals surface area contributed by atoms with Gasteiger partial charge in [-0.3, -0.25) is 14.5 Å². The van der Waals surface area contributed by atoms with Gasteiger partial charge >= 0.3 is 0 Å². The molecule has 2 aromatic carbocycles. The maximum absolute atomic E-state index is 12.7. The van der Waals surface area contributed by atoms with Crippen molar-refractivity contribution in [2.75, 3.05) is 33.1 Å². The number of carbonyl (C=O) groups excluding carboxylic acids is 2. The van der Waals surface area contributed by atoms with E-state index in [4.69, 9.17) is 21.7 Å². The van der Waals surface area contributed by atoms with Crippen molar-refractivity contribution >= 4 is 34.8 Å². The molecule has 0 bridgehead atoms. The van der Waals surface area contributed by atoms with Crippen LogP contribution in [0.5, 0.6) is 11.5 Å². The number of ether oxygens (including phenoxy) is 2. The first kappa shape index (κ1) is 21.6. The van der Waals surface area contributed by atoms with Crippen LogP contribution in [-0.4, -0.2) is 60.6 Å². The average Bonchev–Trinajstić information content (AvgIpc) is 2.96. The standard InChI is InChI=1S/C22H25N3O4S/c1-24-21(27)19(14-20(26)23-16-6-10-18(29-3)11-7-16)25(22(24)30)13-12-15-4-8-17(28-2)9-5-15/h4-11,19H,12-14H2,1-3H3,(H,23,26)/t19-/m1/s1. The molecule has 1 aliphatic heterocycles. The Labute approximate surface area is 181 Å². The van der Waals surface area contributed by atoms with Crippen LogP contribution in [0.4, 0.5) is 5.69 Å². The topological polar surface area (TPSA) is 71.1 Å². The van der Waals surface area contributed by atoms with Gasteiger partial charge in [0.05, 0.1) is 20.6 Å². The molecule has 0 aliphatic carbocycles. The fourth-order valence-electron chi connectivity index (χ4n) is 3.33. The Kier molecular flexibility index (Phi) is 6.89. The summed E-state index contributed by atoms with van der Waals surface area (Å²) in [5.41, 5.74) is 1.74. The molecule has 7 nitrogen and oxygen atoms in total.